The lowest BCUT2D eigenvalue weighted by molar-refractivity contribution is -0.131. The molecule has 0 bridgehead atoms. The van der Waals surface area contributed by atoms with Crippen LogP contribution in [0.15, 0.2) is 42.6 Å². The Hall–Kier alpha value is -2.69. The standard InChI is InChI=1S/C22H27N3O2/c1-16(2)19-8-9-20(23-15-19)22(27)25-12-10-24(11-13-25)21(26)14-18-7-5-4-6-17(18)3/h4-9,15-16H,10-14H2,1-3H3. The number of amides is 2. The molecule has 2 amide bonds. The van der Waals surface area contributed by atoms with Gasteiger partial charge < -0.3 is 9.80 Å². The zero-order valence-corrected chi connectivity index (χ0v) is 16.3. The van der Waals surface area contributed by atoms with E-state index in [2.05, 4.69) is 18.8 Å². The van der Waals surface area contributed by atoms with Crippen LogP contribution in [-0.2, 0) is 11.2 Å². The van der Waals surface area contributed by atoms with Crippen molar-refractivity contribution in [2.24, 2.45) is 0 Å². The second-order valence-corrected chi connectivity index (χ2v) is 7.41. The monoisotopic (exact) mass is 365 g/mol. The first kappa shape index (κ1) is 19.1. The number of hydrogen-bond acceptors (Lipinski definition) is 3. The average molecular weight is 365 g/mol. The van der Waals surface area contributed by atoms with Gasteiger partial charge in [-0.25, -0.2) is 0 Å². The minimum absolute atomic E-state index is 0.0590. The summed E-state index contributed by atoms with van der Waals surface area (Å²) in [7, 11) is 0. The van der Waals surface area contributed by atoms with E-state index in [1.165, 1.54) is 0 Å². The summed E-state index contributed by atoms with van der Waals surface area (Å²) in [6, 6.07) is 11.7. The van der Waals surface area contributed by atoms with Crippen LogP contribution in [0.1, 0.15) is 46.9 Å². The van der Waals surface area contributed by atoms with Crippen LogP contribution in [-0.4, -0.2) is 52.8 Å². The Morgan fingerprint density at radius 3 is 2.26 bits per heavy atom. The van der Waals surface area contributed by atoms with Crippen molar-refractivity contribution in [2.75, 3.05) is 26.2 Å². The number of carbonyl (C=O) groups excluding carboxylic acids is 2. The SMILES string of the molecule is Cc1ccccc1CC(=O)N1CCN(C(=O)c2ccc(C(C)C)cn2)CC1. The average Bonchev–Trinajstić information content (AvgIpc) is 2.69. The summed E-state index contributed by atoms with van der Waals surface area (Å²) in [5.74, 6) is 0.455. The lowest BCUT2D eigenvalue weighted by atomic mass is 10.0. The summed E-state index contributed by atoms with van der Waals surface area (Å²) in [5, 5.41) is 0. The lowest BCUT2D eigenvalue weighted by Crippen LogP contribution is -2.51. The molecule has 1 aliphatic heterocycles. The van der Waals surface area contributed by atoms with E-state index in [4.69, 9.17) is 0 Å². The molecule has 3 rings (SSSR count). The number of nitrogens with zero attached hydrogens (tertiary/aromatic N) is 3. The highest BCUT2D eigenvalue weighted by Gasteiger charge is 2.25. The molecule has 0 atom stereocenters. The molecule has 27 heavy (non-hydrogen) atoms. The molecule has 1 aliphatic rings. The molecule has 1 aromatic heterocycles. The van der Waals surface area contributed by atoms with Gasteiger partial charge in [-0.1, -0.05) is 44.2 Å². The van der Waals surface area contributed by atoms with Gasteiger partial charge in [-0.05, 0) is 35.6 Å². The summed E-state index contributed by atoms with van der Waals surface area (Å²) in [6.45, 7) is 8.47. The van der Waals surface area contributed by atoms with Gasteiger partial charge in [0.2, 0.25) is 5.91 Å². The number of carbonyl (C=O) groups is 2. The summed E-state index contributed by atoms with van der Waals surface area (Å²) in [4.78, 5) is 33.2. The fourth-order valence-corrected chi connectivity index (χ4v) is 3.28. The zero-order chi connectivity index (χ0) is 19.4. The fraction of sp³-hybridized carbons (Fsp3) is 0.409. The Kier molecular flexibility index (Phi) is 5.89. The van der Waals surface area contributed by atoms with Crippen LogP contribution >= 0.6 is 0 Å². The van der Waals surface area contributed by atoms with E-state index in [0.717, 1.165) is 16.7 Å². The minimum Gasteiger partial charge on any atom is -0.339 e. The number of piperazine rings is 1. The number of rotatable bonds is 4. The molecule has 5 heteroatoms. The van der Waals surface area contributed by atoms with Gasteiger partial charge >= 0.3 is 0 Å². The fourth-order valence-electron chi connectivity index (χ4n) is 3.28. The van der Waals surface area contributed by atoms with Crippen molar-refractivity contribution in [2.45, 2.75) is 33.1 Å². The molecule has 0 N–H and O–H groups in total. The quantitative estimate of drug-likeness (QED) is 0.837. The van der Waals surface area contributed by atoms with Crippen molar-refractivity contribution in [3.05, 3.63) is 65.0 Å². The minimum atomic E-state index is -0.0590. The van der Waals surface area contributed by atoms with Crippen molar-refractivity contribution in [3.8, 4) is 0 Å². The number of hydrogen-bond donors (Lipinski definition) is 0. The second kappa shape index (κ2) is 8.33. The number of aromatic nitrogens is 1. The van der Waals surface area contributed by atoms with Crippen molar-refractivity contribution in [1.82, 2.24) is 14.8 Å². The van der Waals surface area contributed by atoms with Crippen LogP contribution in [0.4, 0.5) is 0 Å². The van der Waals surface area contributed by atoms with Gasteiger partial charge in [-0.3, -0.25) is 14.6 Å². The smallest absolute Gasteiger partial charge is 0.272 e. The van der Waals surface area contributed by atoms with E-state index in [1.54, 1.807) is 17.2 Å². The molecule has 0 aliphatic carbocycles. The van der Waals surface area contributed by atoms with Crippen LogP contribution in [0.25, 0.3) is 0 Å². The van der Waals surface area contributed by atoms with Gasteiger partial charge in [-0.15, -0.1) is 0 Å². The van der Waals surface area contributed by atoms with Crippen molar-refractivity contribution in [1.29, 1.82) is 0 Å². The first-order chi connectivity index (χ1) is 13.0. The van der Waals surface area contributed by atoms with Crippen molar-refractivity contribution >= 4 is 11.8 Å². The zero-order valence-electron chi connectivity index (χ0n) is 16.3. The first-order valence-corrected chi connectivity index (χ1v) is 9.53. The Morgan fingerprint density at radius 2 is 1.67 bits per heavy atom. The molecule has 1 saturated heterocycles. The summed E-state index contributed by atoms with van der Waals surface area (Å²) >= 11 is 0. The molecule has 0 unspecified atom stereocenters. The topological polar surface area (TPSA) is 53.5 Å². The normalized spacial score (nSPS) is 14.5. The van der Waals surface area contributed by atoms with Gasteiger partial charge in [0.25, 0.3) is 5.91 Å². The van der Waals surface area contributed by atoms with Crippen LogP contribution in [0.2, 0.25) is 0 Å². The lowest BCUT2D eigenvalue weighted by Gasteiger charge is -2.34. The van der Waals surface area contributed by atoms with Gasteiger partial charge in [0, 0.05) is 32.4 Å². The third-order valence-electron chi connectivity index (χ3n) is 5.19. The molecule has 1 fully saturated rings. The highest BCUT2D eigenvalue weighted by molar-refractivity contribution is 5.92. The Labute approximate surface area is 161 Å². The first-order valence-electron chi connectivity index (χ1n) is 9.53. The van der Waals surface area contributed by atoms with Gasteiger partial charge in [0.1, 0.15) is 5.69 Å². The largest absolute Gasteiger partial charge is 0.339 e. The second-order valence-electron chi connectivity index (χ2n) is 7.41. The van der Waals surface area contributed by atoms with E-state index in [0.29, 0.717) is 44.2 Å². The molecular weight excluding hydrogens is 338 g/mol. The van der Waals surface area contributed by atoms with Crippen LogP contribution in [0.5, 0.6) is 0 Å². The van der Waals surface area contributed by atoms with E-state index >= 15 is 0 Å². The Bertz CT molecular complexity index is 807. The maximum atomic E-state index is 12.7. The molecule has 142 valence electrons. The predicted molar refractivity (Wildman–Crippen MR) is 106 cm³/mol. The number of pyridine rings is 1. The molecule has 0 spiro atoms. The maximum Gasteiger partial charge on any atom is 0.272 e. The van der Waals surface area contributed by atoms with Gasteiger partial charge in [-0.2, -0.15) is 0 Å². The van der Waals surface area contributed by atoms with Crippen LogP contribution in [0, 0.1) is 6.92 Å². The van der Waals surface area contributed by atoms with Crippen LogP contribution < -0.4 is 0 Å². The summed E-state index contributed by atoms with van der Waals surface area (Å²) in [6.07, 6.45) is 2.19. The van der Waals surface area contributed by atoms with Gasteiger partial charge in [0.15, 0.2) is 0 Å². The molecule has 0 radical (unpaired) electrons. The van der Waals surface area contributed by atoms with Crippen molar-refractivity contribution in [3.63, 3.8) is 0 Å². The van der Waals surface area contributed by atoms with E-state index < -0.39 is 0 Å². The molecular formula is C22H27N3O2. The molecule has 5 nitrogen and oxygen atoms in total. The third-order valence-corrected chi connectivity index (χ3v) is 5.19. The van der Waals surface area contributed by atoms with Crippen molar-refractivity contribution < 1.29 is 9.59 Å². The molecule has 1 aromatic carbocycles. The predicted octanol–water partition coefficient (Wildman–Crippen LogP) is 3.04. The summed E-state index contributed by atoms with van der Waals surface area (Å²) < 4.78 is 0. The highest BCUT2D eigenvalue weighted by atomic mass is 16.2. The maximum absolute atomic E-state index is 12.7. The van der Waals surface area contributed by atoms with E-state index in [1.807, 2.05) is 42.2 Å². The Morgan fingerprint density at radius 1 is 1.00 bits per heavy atom. The highest BCUT2D eigenvalue weighted by Crippen LogP contribution is 2.15. The van der Waals surface area contributed by atoms with E-state index in [-0.39, 0.29) is 11.8 Å². The number of benzene rings is 1. The van der Waals surface area contributed by atoms with Crippen LogP contribution in [0.3, 0.4) is 0 Å². The molecule has 2 heterocycles. The Balaban J connectivity index is 1.55. The van der Waals surface area contributed by atoms with E-state index in [9.17, 15) is 9.59 Å². The molecule has 0 saturated carbocycles. The third kappa shape index (κ3) is 4.54. The molecule has 2 aromatic rings. The van der Waals surface area contributed by atoms with Gasteiger partial charge in [0.05, 0.1) is 6.42 Å². The number of aryl methyl sites for hydroxylation is 1. The summed E-state index contributed by atoms with van der Waals surface area (Å²) in [5.41, 5.74) is 3.79.